The number of rotatable bonds is 3. The molecule has 0 spiro atoms. The van der Waals surface area contributed by atoms with E-state index in [1.54, 1.807) is 23.3 Å². The molecule has 2 aromatic rings. The molecule has 0 aliphatic carbocycles. The van der Waals surface area contributed by atoms with Gasteiger partial charge in [0.15, 0.2) is 11.5 Å². The lowest BCUT2D eigenvalue weighted by molar-refractivity contribution is 0.306. The number of hydrogen-bond acceptors (Lipinski definition) is 5. The first-order valence-electron chi connectivity index (χ1n) is 3.90. The van der Waals surface area contributed by atoms with Gasteiger partial charge in [-0.3, -0.25) is 0 Å². The van der Waals surface area contributed by atoms with Crippen LogP contribution < -0.4 is 5.73 Å². The summed E-state index contributed by atoms with van der Waals surface area (Å²) >= 11 is 0. The Morgan fingerprint density at radius 2 is 2.57 bits per heavy atom. The van der Waals surface area contributed by atoms with Crippen molar-refractivity contribution in [1.82, 2.24) is 19.9 Å². The second-order valence-electron chi connectivity index (χ2n) is 2.55. The zero-order valence-electron chi connectivity index (χ0n) is 7.24. The van der Waals surface area contributed by atoms with E-state index in [2.05, 4.69) is 24.9 Å². The summed E-state index contributed by atoms with van der Waals surface area (Å²) in [5, 5.41) is 6.97. The summed E-state index contributed by atoms with van der Waals surface area (Å²) in [7, 11) is 0. The van der Waals surface area contributed by atoms with Gasteiger partial charge in [-0.15, -0.1) is 0 Å². The Kier molecular flexibility index (Phi) is 2.22. The van der Waals surface area contributed by atoms with Gasteiger partial charge in [-0.1, -0.05) is 5.16 Å². The van der Waals surface area contributed by atoms with E-state index in [-0.39, 0.29) is 0 Å². The normalized spacial score (nSPS) is 11.9. The van der Waals surface area contributed by atoms with E-state index in [4.69, 9.17) is 5.73 Å². The van der Waals surface area contributed by atoms with Crippen molar-refractivity contribution < 1.29 is 4.63 Å². The lowest BCUT2D eigenvalue weighted by Gasteiger charge is -1.96. The first kappa shape index (κ1) is 8.42. The molecule has 0 unspecified atom stereocenters. The Balaban J connectivity index is 2.05. The average Bonchev–Trinajstić information content (AvgIpc) is 2.87. The molecule has 7 heteroatoms. The van der Waals surface area contributed by atoms with Crippen molar-refractivity contribution in [3.8, 4) is 0 Å². The Hall–Kier alpha value is -2.18. The van der Waals surface area contributed by atoms with Gasteiger partial charge in [0, 0.05) is 12.4 Å². The van der Waals surface area contributed by atoms with Crippen LogP contribution in [0.5, 0.6) is 0 Å². The predicted octanol–water partition coefficient (Wildman–Crippen LogP) is -0.371. The van der Waals surface area contributed by atoms with Crippen LogP contribution in [0.4, 0.5) is 0 Å². The van der Waals surface area contributed by atoms with Crippen LogP contribution in [0.25, 0.3) is 0 Å². The largest absolute Gasteiger partial charge is 0.382 e. The quantitative estimate of drug-likeness (QED) is 0.528. The van der Waals surface area contributed by atoms with Gasteiger partial charge in [0.2, 0.25) is 0 Å². The fourth-order valence-electron chi connectivity index (χ4n) is 0.887. The molecule has 0 aliphatic heterocycles. The van der Waals surface area contributed by atoms with Gasteiger partial charge in [0.05, 0.1) is 6.33 Å². The van der Waals surface area contributed by atoms with Crippen LogP contribution in [0.1, 0.15) is 5.69 Å². The number of aromatic nitrogens is 4. The van der Waals surface area contributed by atoms with Gasteiger partial charge in [0.25, 0.3) is 0 Å². The van der Waals surface area contributed by atoms with Crippen molar-refractivity contribution in [1.29, 1.82) is 0 Å². The van der Waals surface area contributed by atoms with Crippen molar-refractivity contribution in [3.05, 3.63) is 30.6 Å². The Labute approximate surface area is 79.2 Å². The number of imidazole rings is 1. The van der Waals surface area contributed by atoms with Gasteiger partial charge in [-0.2, -0.15) is 0 Å². The molecule has 0 saturated heterocycles. The molecular weight excluding hydrogens is 184 g/mol. The van der Waals surface area contributed by atoms with E-state index in [9.17, 15) is 0 Å². The first-order chi connectivity index (χ1) is 6.86. The summed E-state index contributed by atoms with van der Waals surface area (Å²) in [6.07, 6.45) is 6.52. The molecule has 0 atom stereocenters. The number of amidine groups is 1. The molecule has 0 amide bonds. The zero-order chi connectivity index (χ0) is 9.80. The summed E-state index contributed by atoms with van der Waals surface area (Å²) in [5.41, 5.74) is 6.05. The Bertz CT molecular complexity index is 403. The SMILES string of the molecule is NC(=NCn1ccnc1)c1cnon1. The summed E-state index contributed by atoms with van der Waals surface area (Å²) in [4.78, 5) is 7.93. The first-order valence-corrected chi connectivity index (χ1v) is 3.90. The maximum atomic E-state index is 5.61. The fourth-order valence-corrected chi connectivity index (χ4v) is 0.887. The molecular formula is C7H8N6O. The third-order valence-corrected chi connectivity index (χ3v) is 1.59. The van der Waals surface area contributed by atoms with Gasteiger partial charge < -0.3 is 10.3 Å². The second kappa shape index (κ2) is 3.69. The van der Waals surface area contributed by atoms with E-state index < -0.39 is 0 Å². The van der Waals surface area contributed by atoms with Crippen LogP contribution >= 0.6 is 0 Å². The molecule has 0 aromatic carbocycles. The van der Waals surface area contributed by atoms with Crippen molar-refractivity contribution in [2.75, 3.05) is 0 Å². The van der Waals surface area contributed by atoms with E-state index in [1.165, 1.54) is 6.20 Å². The monoisotopic (exact) mass is 192 g/mol. The fraction of sp³-hybridized carbons (Fsp3) is 0.143. The zero-order valence-corrected chi connectivity index (χ0v) is 7.24. The molecule has 0 bridgehead atoms. The Morgan fingerprint density at radius 1 is 1.64 bits per heavy atom. The van der Waals surface area contributed by atoms with Crippen molar-refractivity contribution >= 4 is 5.84 Å². The van der Waals surface area contributed by atoms with Crippen LogP contribution in [0, 0.1) is 0 Å². The average molecular weight is 192 g/mol. The highest BCUT2D eigenvalue weighted by Gasteiger charge is 2.01. The highest BCUT2D eigenvalue weighted by atomic mass is 16.6. The van der Waals surface area contributed by atoms with Crippen LogP contribution in [0.15, 0.2) is 34.5 Å². The lowest BCUT2D eigenvalue weighted by atomic mass is 10.4. The molecule has 2 heterocycles. The standard InChI is InChI=1S/C7H8N6O/c8-7(6-3-11-14-12-6)10-5-13-2-1-9-4-13/h1-4H,5H2,(H2,8,10). The molecule has 0 fully saturated rings. The predicted molar refractivity (Wildman–Crippen MR) is 47.2 cm³/mol. The van der Waals surface area contributed by atoms with E-state index in [1.807, 2.05) is 0 Å². The van der Waals surface area contributed by atoms with Gasteiger partial charge in [-0.25, -0.2) is 14.6 Å². The second-order valence-corrected chi connectivity index (χ2v) is 2.55. The smallest absolute Gasteiger partial charge is 0.169 e. The number of nitrogens with two attached hydrogens (primary N) is 1. The van der Waals surface area contributed by atoms with Gasteiger partial charge >= 0.3 is 0 Å². The Morgan fingerprint density at radius 3 is 3.21 bits per heavy atom. The molecule has 2 rings (SSSR count). The minimum absolute atomic E-state index is 0.292. The third-order valence-electron chi connectivity index (χ3n) is 1.59. The maximum absolute atomic E-state index is 5.61. The van der Waals surface area contributed by atoms with Crippen molar-refractivity contribution in [2.45, 2.75) is 6.67 Å². The molecule has 0 saturated carbocycles. The molecule has 72 valence electrons. The third kappa shape index (κ3) is 1.76. The van der Waals surface area contributed by atoms with Crippen molar-refractivity contribution in [3.63, 3.8) is 0 Å². The summed E-state index contributed by atoms with van der Waals surface area (Å²) in [6, 6.07) is 0. The number of nitrogens with zero attached hydrogens (tertiary/aromatic N) is 5. The van der Waals surface area contributed by atoms with Crippen LogP contribution in [0.3, 0.4) is 0 Å². The highest BCUT2D eigenvalue weighted by Crippen LogP contribution is 1.92. The summed E-state index contributed by atoms with van der Waals surface area (Å²) in [6.45, 7) is 0.401. The minimum Gasteiger partial charge on any atom is -0.382 e. The molecule has 14 heavy (non-hydrogen) atoms. The van der Waals surface area contributed by atoms with E-state index in [0.29, 0.717) is 18.2 Å². The van der Waals surface area contributed by atoms with Crippen LogP contribution in [0.2, 0.25) is 0 Å². The van der Waals surface area contributed by atoms with E-state index >= 15 is 0 Å². The summed E-state index contributed by atoms with van der Waals surface area (Å²) in [5.74, 6) is 0.292. The summed E-state index contributed by atoms with van der Waals surface area (Å²) < 4.78 is 6.17. The molecule has 2 aromatic heterocycles. The lowest BCUT2D eigenvalue weighted by Crippen LogP contribution is -2.14. The van der Waals surface area contributed by atoms with Crippen LogP contribution in [-0.4, -0.2) is 25.7 Å². The molecule has 2 N–H and O–H groups in total. The highest BCUT2D eigenvalue weighted by molar-refractivity contribution is 5.94. The number of aliphatic imine (C=N–C) groups is 1. The molecule has 7 nitrogen and oxygen atoms in total. The van der Waals surface area contributed by atoms with E-state index in [0.717, 1.165) is 0 Å². The van der Waals surface area contributed by atoms with Crippen molar-refractivity contribution in [2.24, 2.45) is 10.7 Å². The minimum atomic E-state index is 0.292. The maximum Gasteiger partial charge on any atom is 0.169 e. The molecule has 0 radical (unpaired) electrons. The van der Waals surface area contributed by atoms with Crippen LogP contribution in [-0.2, 0) is 6.67 Å². The molecule has 0 aliphatic rings. The topological polar surface area (TPSA) is 95.1 Å². The van der Waals surface area contributed by atoms with Gasteiger partial charge in [-0.05, 0) is 5.16 Å². The number of hydrogen-bond donors (Lipinski definition) is 1. The van der Waals surface area contributed by atoms with Gasteiger partial charge in [0.1, 0.15) is 12.9 Å².